The first kappa shape index (κ1) is 17.6. The molecule has 1 unspecified atom stereocenters. The third-order valence-electron chi connectivity index (χ3n) is 3.87. The smallest absolute Gasteiger partial charge is 0.244 e. The fourth-order valence-electron chi connectivity index (χ4n) is 2.59. The number of nitrogens with one attached hydrogen (secondary N) is 1. The lowest BCUT2D eigenvalue weighted by molar-refractivity contribution is -0.116. The highest BCUT2D eigenvalue weighted by Crippen LogP contribution is 2.17. The summed E-state index contributed by atoms with van der Waals surface area (Å²) < 4.78 is 11.2. The van der Waals surface area contributed by atoms with E-state index < -0.39 is 0 Å². The zero-order chi connectivity index (χ0) is 17.5. The van der Waals surface area contributed by atoms with Crippen LogP contribution >= 0.6 is 11.3 Å². The molecule has 2 aromatic rings. The lowest BCUT2D eigenvalue weighted by Gasteiger charge is -2.09. The standard InChI is InChI=1S/C19H22N2O3S/c1-14-21-16(13-25-14)12-24-17-5-2-4-15(10-17)7-8-19(22)20-11-18-6-3-9-23-18/h2,4-5,7-8,10,13,18H,3,6,9,11-12H2,1H3,(H,20,22)/b8-7+. The van der Waals surface area contributed by atoms with Gasteiger partial charge in [0.2, 0.25) is 5.91 Å². The lowest BCUT2D eigenvalue weighted by Crippen LogP contribution is -2.30. The molecule has 0 spiro atoms. The molecule has 0 saturated carbocycles. The Morgan fingerprint density at radius 2 is 2.44 bits per heavy atom. The van der Waals surface area contributed by atoms with Gasteiger partial charge in [-0.05, 0) is 43.5 Å². The van der Waals surface area contributed by atoms with Crippen molar-refractivity contribution in [2.24, 2.45) is 0 Å². The quantitative estimate of drug-likeness (QED) is 0.771. The summed E-state index contributed by atoms with van der Waals surface area (Å²) in [4.78, 5) is 16.3. The molecule has 1 aromatic carbocycles. The largest absolute Gasteiger partial charge is 0.487 e. The molecule has 5 nitrogen and oxygen atoms in total. The molecule has 2 heterocycles. The van der Waals surface area contributed by atoms with Gasteiger partial charge in [0.1, 0.15) is 12.4 Å². The molecule has 1 N–H and O–H groups in total. The second-order valence-corrected chi connectivity index (χ2v) is 6.99. The van der Waals surface area contributed by atoms with Gasteiger partial charge in [-0.2, -0.15) is 0 Å². The fourth-order valence-corrected chi connectivity index (χ4v) is 3.19. The van der Waals surface area contributed by atoms with Crippen molar-refractivity contribution in [3.8, 4) is 5.75 Å². The number of hydrogen-bond acceptors (Lipinski definition) is 5. The van der Waals surface area contributed by atoms with Crippen molar-refractivity contribution in [3.63, 3.8) is 0 Å². The number of thiazole rings is 1. The highest BCUT2D eigenvalue weighted by molar-refractivity contribution is 7.09. The second kappa shape index (κ2) is 8.78. The Bertz CT molecular complexity index is 736. The number of aromatic nitrogens is 1. The molecule has 1 aliphatic rings. The van der Waals surface area contributed by atoms with Crippen LogP contribution in [0.2, 0.25) is 0 Å². The third-order valence-corrected chi connectivity index (χ3v) is 4.69. The first-order chi connectivity index (χ1) is 12.2. The van der Waals surface area contributed by atoms with Crippen LogP contribution < -0.4 is 10.1 Å². The second-order valence-electron chi connectivity index (χ2n) is 5.93. The van der Waals surface area contributed by atoms with Crippen molar-refractivity contribution in [1.29, 1.82) is 0 Å². The normalized spacial score (nSPS) is 17.1. The van der Waals surface area contributed by atoms with Crippen molar-refractivity contribution >= 4 is 23.3 Å². The first-order valence-electron chi connectivity index (χ1n) is 8.40. The van der Waals surface area contributed by atoms with Crippen LogP contribution in [0.5, 0.6) is 5.75 Å². The molecule has 0 bridgehead atoms. The predicted octanol–water partition coefficient (Wildman–Crippen LogP) is 3.34. The molecule has 1 aromatic heterocycles. The molecule has 0 aliphatic carbocycles. The molecule has 1 fully saturated rings. The van der Waals surface area contributed by atoms with Gasteiger partial charge in [-0.3, -0.25) is 4.79 Å². The van der Waals surface area contributed by atoms with E-state index in [2.05, 4.69) is 10.3 Å². The van der Waals surface area contributed by atoms with Crippen LogP contribution in [0.25, 0.3) is 6.08 Å². The molecular formula is C19H22N2O3S. The molecule has 1 aliphatic heterocycles. The maximum absolute atomic E-state index is 11.9. The molecule has 132 valence electrons. The van der Waals surface area contributed by atoms with Crippen LogP contribution in [0.15, 0.2) is 35.7 Å². The summed E-state index contributed by atoms with van der Waals surface area (Å²) in [7, 11) is 0. The van der Waals surface area contributed by atoms with E-state index in [1.54, 1.807) is 17.4 Å². The van der Waals surface area contributed by atoms with Crippen LogP contribution in [0, 0.1) is 6.92 Å². The molecule has 1 atom stereocenters. The van der Waals surface area contributed by atoms with E-state index in [4.69, 9.17) is 9.47 Å². The molecule has 1 amide bonds. The van der Waals surface area contributed by atoms with Crippen LogP contribution in [-0.2, 0) is 16.1 Å². The van der Waals surface area contributed by atoms with Gasteiger partial charge < -0.3 is 14.8 Å². The zero-order valence-corrected chi connectivity index (χ0v) is 15.1. The number of amides is 1. The SMILES string of the molecule is Cc1nc(COc2cccc(/C=C/C(=O)NCC3CCCO3)c2)cs1. The Kier molecular flexibility index (Phi) is 6.19. The Labute approximate surface area is 151 Å². The van der Waals surface area contributed by atoms with Crippen molar-refractivity contribution in [1.82, 2.24) is 10.3 Å². The van der Waals surface area contributed by atoms with Crippen molar-refractivity contribution in [2.75, 3.05) is 13.2 Å². The van der Waals surface area contributed by atoms with Gasteiger partial charge in [0.25, 0.3) is 0 Å². The number of carbonyl (C=O) groups is 1. The van der Waals surface area contributed by atoms with E-state index in [1.165, 1.54) is 6.08 Å². The number of ether oxygens (including phenoxy) is 2. The Morgan fingerprint density at radius 3 is 3.20 bits per heavy atom. The maximum atomic E-state index is 11.9. The first-order valence-corrected chi connectivity index (χ1v) is 9.28. The maximum Gasteiger partial charge on any atom is 0.244 e. The number of aryl methyl sites for hydroxylation is 1. The van der Waals surface area contributed by atoms with E-state index in [0.717, 1.165) is 41.5 Å². The monoisotopic (exact) mass is 358 g/mol. The van der Waals surface area contributed by atoms with Crippen molar-refractivity contribution in [2.45, 2.75) is 32.5 Å². The molecule has 25 heavy (non-hydrogen) atoms. The molecule has 1 saturated heterocycles. The van der Waals surface area contributed by atoms with Crippen LogP contribution in [0.3, 0.4) is 0 Å². The number of carbonyl (C=O) groups excluding carboxylic acids is 1. The number of nitrogens with zero attached hydrogens (tertiary/aromatic N) is 1. The van der Waals surface area contributed by atoms with Gasteiger partial charge >= 0.3 is 0 Å². The Hall–Kier alpha value is -2.18. The number of rotatable bonds is 7. The minimum Gasteiger partial charge on any atom is -0.487 e. The van der Waals surface area contributed by atoms with Gasteiger partial charge in [0, 0.05) is 24.6 Å². The van der Waals surface area contributed by atoms with Crippen molar-refractivity contribution in [3.05, 3.63) is 52.0 Å². The summed E-state index contributed by atoms with van der Waals surface area (Å²) in [6.45, 7) is 3.78. The van der Waals surface area contributed by atoms with Gasteiger partial charge in [0.05, 0.1) is 16.8 Å². The topological polar surface area (TPSA) is 60.5 Å². The summed E-state index contributed by atoms with van der Waals surface area (Å²) >= 11 is 1.61. The lowest BCUT2D eigenvalue weighted by atomic mass is 10.2. The summed E-state index contributed by atoms with van der Waals surface area (Å²) in [6, 6.07) is 7.65. The summed E-state index contributed by atoms with van der Waals surface area (Å²) in [6.07, 6.45) is 5.57. The van der Waals surface area contributed by atoms with E-state index in [0.29, 0.717) is 13.2 Å². The minimum absolute atomic E-state index is 0.111. The van der Waals surface area contributed by atoms with E-state index in [1.807, 2.05) is 36.6 Å². The van der Waals surface area contributed by atoms with Crippen LogP contribution in [-0.4, -0.2) is 30.1 Å². The van der Waals surface area contributed by atoms with Crippen LogP contribution in [0.4, 0.5) is 0 Å². The van der Waals surface area contributed by atoms with E-state index in [9.17, 15) is 4.79 Å². The molecular weight excluding hydrogens is 336 g/mol. The summed E-state index contributed by atoms with van der Waals surface area (Å²) in [5, 5.41) is 5.90. The minimum atomic E-state index is -0.111. The number of benzene rings is 1. The van der Waals surface area contributed by atoms with E-state index in [-0.39, 0.29) is 12.0 Å². The number of hydrogen-bond donors (Lipinski definition) is 1. The zero-order valence-electron chi connectivity index (χ0n) is 14.2. The van der Waals surface area contributed by atoms with Gasteiger partial charge in [0.15, 0.2) is 0 Å². The fraction of sp³-hybridized carbons (Fsp3) is 0.368. The third kappa shape index (κ3) is 5.69. The van der Waals surface area contributed by atoms with Gasteiger partial charge in [-0.1, -0.05) is 12.1 Å². The van der Waals surface area contributed by atoms with Gasteiger partial charge in [-0.15, -0.1) is 11.3 Å². The Morgan fingerprint density at radius 1 is 1.52 bits per heavy atom. The average molecular weight is 358 g/mol. The van der Waals surface area contributed by atoms with E-state index >= 15 is 0 Å². The molecule has 3 rings (SSSR count). The summed E-state index contributed by atoms with van der Waals surface area (Å²) in [5.74, 6) is 0.646. The summed E-state index contributed by atoms with van der Waals surface area (Å²) in [5.41, 5.74) is 1.84. The van der Waals surface area contributed by atoms with Gasteiger partial charge in [-0.25, -0.2) is 4.98 Å². The molecule has 6 heteroatoms. The highest BCUT2D eigenvalue weighted by Gasteiger charge is 2.15. The average Bonchev–Trinajstić information content (AvgIpc) is 3.28. The Balaban J connectivity index is 1.49. The van der Waals surface area contributed by atoms with Crippen LogP contribution in [0.1, 0.15) is 29.1 Å². The molecule has 0 radical (unpaired) electrons. The predicted molar refractivity (Wildman–Crippen MR) is 98.6 cm³/mol. The van der Waals surface area contributed by atoms with Crippen molar-refractivity contribution < 1.29 is 14.3 Å². The highest BCUT2D eigenvalue weighted by atomic mass is 32.1.